The van der Waals surface area contributed by atoms with Gasteiger partial charge in [-0.25, -0.2) is 0 Å². The molecule has 1 aliphatic rings. The van der Waals surface area contributed by atoms with Gasteiger partial charge in [-0.3, -0.25) is 14.4 Å². The molecule has 7 heteroatoms. The summed E-state index contributed by atoms with van der Waals surface area (Å²) < 4.78 is 5.45. The first-order valence-electron chi connectivity index (χ1n) is 8.30. The van der Waals surface area contributed by atoms with Crippen LogP contribution in [0.2, 0.25) is 0 Å². The molecule has 2 rings (SSSR count). The molecule has 0 bridgehead atoms. The van der Waals surface area contributed by atoms with Crippen LogP contribution in [0.4, 0.5) is 0 Å². The van der Waals surface area contributed by atoms with Gasteiger partial charge in [0, 0.05) is 32.0 Å². The van der Waals surface area contributed by atoms with Crippen LogP contribution >= 0.6 is 0 Å². The van der Waals surface area contributed by atoms with Crippen molar-refractivity contribution in [2.45, 2.75) is 38.1 Å². The Morgan fingerprint density at radius 2 is 1.84 bits per heavy atom. The summed E-state index contributed by atoms with van der Waals surface area (Å²) in [4.78, 5) is 36.2. The first kappa shape index (κ1) is 18.8. The Morgan fingerprint density at radius 3 is 2.40 bits per heavy atom. The van der Waals surface area contributed by atoms with Crippen molar-refractivity contribution in [2.75, 3.05) is 20.2 Å². The zero-order valence-electron chi connectivity index (χ0n) is 14.6. The normalized spacial score (nSPS) is 16.2. The average Bonchev–Trinajstić information content (AvgIpc) is 2.59. The Hall–Kier alpha value is -2.57. The number of rotatable bonds is 6. The quantitative estimate of drug-likeness (QED) is 0.812. The molecule has 0 spiro atoms. The van der Waals surface area contributed by atoms with Crippen LogP contribution < -0.4 is 10.1 Å². The third-order valence-corrected chi connectivity index (χ3v) is 4.56. The highest BCUT2D eigenvalue weighted by atomic mass is 16.5. The Morgan fingerprint density at radius 1 is 1.20 bits per heavy atom. The number of carbonyl (C=O) groups excluding carboxylic acids is 2. The van der Waals surface area contributed by atoms with Crippen LogP contribution in [0.5, 0.6) is 5.75 Å². The predicted molar refractivity (Wildman–Crippen MR) is 91.2 cm³/mol. The Balaban J connectivity index is 2.17. The van der Waals surface area contributed by atoms with Crippen molar-refractivity contribution in [2.24, 2.45) is 0 Å². The second-order valence-corrected chi connectivity index (χ2v) is 6.24. The van der Waals surface area contributed by atoms with E-state index in [-0.39, 0.29) is 24.7 Å². The number of piperidine rings is 1. The van der Waals surface area contributed by atoms with Gasteiger partial charge < -0.3 is 20.1 Å². The number of amides is 2. The van der Waals surface area contributed by atoms with Crippen molar-refractivity contribution in [3.63, 3.8) is 0 Å². The second-order valence-electron chi connectivity index (χ2n) is 6.24. The van der Waals surface area contributed by atoms with Crippen molar-refractivity contribution >= 4 is 17.8 Å². The van der Waals surface area contributed by atoms with E-state index in [1.807, 2.05) is 24.3 Å². The lowest BCUT2D eigenvalue weighted by Crippen LogP contribution is -2.53. The number of likely N-dealkylation sites (tertiary alicyclic amines) is 1. The monoisotopic (exact) mass is 348 g/mol. The smallest absolute Gasteiger partial charge is 0.303 e. The summed E-state index contributed by atoms with van der Waals surface area (Å²) in [5.74, 6) is -0.593. The van der Waals surface area contributed by atoms with Crippen molar-refractivity contribution in [3.05, 3.63) is 29.8 Å². The SMILES string of the molecule is COc1ccccc1C1(NC(C)=O)CCN(C(=O)CCC(=O)O)CC1. The Kier molecular flexibility index (Phi) is 6.01. The van der Waals surface area contributed by atoms with Crippen LogP contribution in [0.3, 0.4) is 0 Å². The molecule has 0 unspecified atom stereocenters. The van der Waals surface area contributed by atoms with E-state index in [2.05, 4.69) is 5.32 Å². The van der Waals surface area contributed by atoms with Crippen molar-refractivity contribution < 1.29 is 24.2 Å². The molecule has 0 saturated carbocycles. The van der Waals surface area contributed by atoms with Crippen molar-refractivity contribution in [1.82, 2.24) is 10.2 Å². The maximum absolute atomic E-state index is 12.1. The molecule has 25 heavy (non-hydrogen) atoms. The van der Waals surface area contributed by atoms with Gasteiger partial charge in [-0.1, -0.05) is 18.2 Å². The number of carbonyl (C=O) groups is 3. The molecule has 136 valence electrons. The highest BCUT2D eigenvalue weighted by molar-refractivity contribution is 5.81. The molecule has 1 aromatic rings. The number of carboxylic acids is 1. The van der Waals surface area contributed by atoms with Crippen molar-refractivity contribution in [1.29, 1.82) is 0 Å². The minimum absolute atomic E-state index is 0.00285. The summed E-state index contributed by atoms with van der Waals surface area (Å²) in [6.45, 7) is 2.38. The maximum atomic E-state index is 12.1. The summed E-state index contributed by atoms with van der Waals surface area (Å²) in [6.07, 6.45) is 0.924. The van der Waals surface area contributed by atoms with Gasteiger partial charge in [-0.15, -0.1) is 0 Å². The largest absolute Gasteiger partial charge is 0.496 e. The lowest BCUT2D eigenvalue weighted by atomic mass is 9.80. The summed E-state index contributed by atoms with van der Waals surface area (Å²) in [5.41, 5.74) is 0.299. The van der Waals surface area contributed by atoms with Crippen LogP contribution in [0.15, 0.2) is 24.3 Å². The third-order valence-electron chi connectivity index (χ3n) is 4.56. The van der Waals surface area contributed by atoms with Gasteiger partial charge in [0.25, 0.3) is 0 Å². The first-order chi connectivity index (χ1) is 11.9. The van der Waals surface area contributed by atoms with Gasteiger partial charge in [0.2, 0.25) is 11.8 Å². The van der Waals surface area contributed by atoms with E-state index in [4.69, 9.17) is 9.84 Å². The summed E-state index contributed by atoms with van der Waals surface area (Å²) in [5, 5.41) is 11.8. The minimum atomic E-state index is -0.980. The number of ether oxygens (including phenoxy) is 1. The number of carboxylic acid groups (broad SMARTS) is 1. The maximum Gasteiger partial charge on any atom is 0.303 e. The number of nitrogens with one attached hydrogen (secondary N) is 1. The number of hydrogen-bond acceptors (Lipinski definition) is 4. The number of methoxy groups -OCH3 is 1. The van der Waals surface area contributed by atoms with E-state index in [1.165, 1.54) is 6.92 Å². The fourth-order valence-corrected chi connectivity index (χ4v) is 3.35. The van der Waals surface area contributed by atoms with E-state index in [1.54, 1.807) is 12.0 Å². The molecule has 1 aromatic carbocycles. The van der Waals surface area contributed by atoms with E-state index in [9.17, 15) is 14.4 Å². The molecule has 0 aliphatic carbocycles. The van der Waals surface area contributed by atoms with Crippen molar-refractivity contribution in [3.8, 4) is 5.75 Å². The summed E-state index contributed by atoms with van der Waals surface area (Å²) >= 11 is 0. The lowest BCUT2D eigenvalue weighted by Gasteiger charge is -2.43. The summed E-state index contributed by atoms with van der Waals surface area (Å²) in [7, 11) is 1.59. The fourth-order valence-electron chi connectivity index (χ4n) is 3.35. The zero-order valence-corrected chi connectivity index (χ0v) is 14.6. The molecule has 2 N–H and O–H groups in total. The molecule has 1 saturated heterocycles. The molecule has 0 aromatic heterocycles. The number of hydrogen-bond donors (Lipinski definition) is 2. The zero-order chi connectivity index (χ0) is 18.4. The van der Waals surface area contributed by atoms with E-state index in [0.29, 0.717) is 31.7 Å². The van der Waals surface area contributed by atoms with Crippen LogP contribution in [-0.2, 0) is 19.9 Å². The van der Waals surface area contributed by atoms with Gasteiger partial charge in [-0.2, -0.15) is 0 Å². The van der Waals surface area contributed by atoms with E-state index >= 15 is 0 Å². The molecule has 0 radical (unpaired) electrons. The number of benzene rings is 1. The Labute approximate surface area is 147 Å². The minimum Gasteiger partial charge on any atom is -0.496 e. The molecule has 7 nitrogen and oxygen atoms in total. The highest BCUT2D eigenvalue weighted by Crippen LogP contribution is 2.38. The van der Waals surface area contributed by atoms with Crippen LogP contribution in [-0.4, -0.2) is 48.0 Å². The van der Waals surface area contributed by atoms with Gasteiger partial charge in [0.15, 0.2) is 0 Å². The number of aliphatic carboxylic acids is 1. The van der Waals surface area contributed by atoms with Gasteiger partial charge in [0.1, 0.15) is 5.75 Å². The molecular formula is C18H24N2O5. The van der Waals surface area contributed by atoms with Crippen LogP contribution in [0.1, 0.15) is 38.2 Å². The second kappa shape index (κ2) is 8.00. The molecular weight excluding hydrogens is 324 g/mol. The molecule has 1 aliphatic heterocycles. The fraction of sp³-hybridized carbons (Fsp3) is 0.500. The standard InChI is InChI=1S/C18H24N2O5/c1-13(21)19-18(14-5-3-4-6-15(14)25-2)9-11-20(12-10-18)16(22)7-8-17(23)24/h3-6H,7-12H2,1-2H3,(H,19,21)(H,23,24). The van der Waals surface area contributed by atoms with Gasteiger partial charge in [-0.05, 0) is 18.9 Å². The highest BCUT2D eigenvalue weighted by Gasteiger charge is 2.39. The average molecular weight is 348 g/mol. The predicted octanol–water partition coefficient (Wildman–Crippen LogP) is 1.51. The number of para-hydroxylation sites is 1. The van der Waals surface area contributed by atoms with E-state index < -0.39 is 11.5 Å². The van der Waals surface area contributed by atoms with Crippen LogP contribution in [0, 0.1) is 0 Å². The molecule has 1 heterocycles. The van der Waals surface area contributed by atoms with Crippen LogP contribution in [0.25, 0.3) is 0 Å². The van der Waals surface area contributed by atoms with Gasteiger partial charge in [0.05, 0.1) is 19.1 Å². The van der Waals surface area contributed by atoms with Gasteiger partial charge >= 0.3 is 5.97 Å². The first-order valence-corrected chi connectivity index (χ1v) is 8.30. The molecule has 0 atom stereocenters. The lowest BCUT2D eigenvalue weighted by molar-refractivity contribution is -0.141. The Bertz CT molecular complexity index is 651. The number of nitrogens with zero attached hydrogens (tertiary/aromatic N) is 1. The van der Waals surface area contributed by atoms with E-state index in [0.717, 1.165) is 5.56 Å². The summed E-state index contributed by atoms with van der Waals surface area (Å²) in [6, 6.07) is 7.54. The topological polar surface area (TPSA) is 95.9 Å². The molecule has 1 fully saturated rings. The molecule has 2 amide bonds. The third kappa shape index (κ3) is 4.49.